The van der Waals surface area contributed by atoms with Crippen LogP contribution in [0.3, 0.4) is 0 Å². The third-order valence-electron chi connectivity index (χ3n) is 3.28. The molecule has 1 aromatic carbocycles. The van der Waals surface area contributed by atoms with Gasteiger partial charge in [-0.25, -0.2) is 13.6 Å². The minimum absolute atomic E-state index is 0.0569. The first-order valence-corrected chi connectivity index (χ1v) is 9.84. The molecule has 1 amide bonds. The fourth-order valence-corrected chi connectivity index (χ4v) is 3.19. The Kier molecular flexibility index (Phi) is 6.29. The van der Waals surface area contributed by atoms with Crippen LogP contribution in [0.2, 0.25) is 0 Å². The molecule has 0 spiro atoms. The number of esters is 1. The smallest absolute Gasteiger partial charge is 0.306 e. The van der Waals surface area contributed by atoms with Gasteiger partial charge in [0.25, 0.3) is 5.91 Å². The maximum atomic E-state index is 12.0. The lowest BCUT2D eigenvalue weighted by molar-refractivity contribution is -0.153. The van der Waals surface area contributed by atoms with E-state index in [2.05, 4.69) is 5.32 Å². The van der Waals surface area contributed by atoms with Crippen molar-refractivity contribution in [3.63, 3.8) is 0 Å². The first-order chi connectivity index (χ1) is 11.8. The number of primary sulfonamides is 1. The van der Waals surface area contributed by atoms with Crippen LogP contribution in [-0.4, -0.2) is 26.4 Å². The van der Waals surface area contributed by atoms with Gasteiger partial charge >= 0.3 is 5.97 Å². The summed E-state index contributed by atoms with van der Waals surface area (Å²) in [5.74, 6) is -0.964. The van der Waals surface area contributed by atoms with E-state index in [1.807, 2.05) is 17.5 Å². The molecule has 0 radical (unpaired) electrons. The zero-order valence-electron chi connectivity index (χ0n) is 13.5. The molecule has 0 unspecified atom stereocenters. The van der Waals surface area contributed by atoms with Crippen molar-refractivity contribution < 1.29 is 22.7 Å². The lowest BCUT2D eigenvalue weighted by Gasteiger charge is -2.13. The average molecular weight is 382 g/mol. The topological polar surface area (TPSA) is 116 Å². The maximum Gasteiger partial charge on any atom is 0.306 e. The predicted octanol–water partition coefficient (Wildman–Crippen LogP) is 1.90. The molecule has 2 aromatic rings. The Hall–Kier alpha value is -2.23. The highest BCUT2D eigenvalue weighted by atomic mass is 32.2. The molecule has 3 N–H and O–H groups in total. The standard InChI is InChI=1S/C16H18N2O5S2/c1-11(23-15(19)9-6-13-3-2-10-24-13)16(20)18-12-4-7-14(8-5-12)25(17,21)22/h2-5,7-8,10-11H,6,9H2,1H3,(H,18,20)(H2,17,21,22)/t11-/m0/s1. The molecule has 0 saturated heterocycles. The number of aryl methyl sites for hydroxylation is 1. The second kappa shape index (κ2) is 8.24. The number of nitrogens with one attached hydrogen (secondary N) is 1. The third kappa shape index (κ3) is 5.96. The largest absolute Gasteiger partial charge is 0.453 e. The summed E-state index contributed by atoms with van der Waals surface area (Å²) < 4.78 is 27.5. The van der Waals surface area contributed by atoms with Crippen molar-refractivity contribution in [3.8, 4) is 0 Å². The van der Waals surface area contributed by atoms with Gasteiger partial charge in [0.2, 0.25) is 10.0 Å². The molecule has 25 heavy (non-hydrogen) atoms. The van der Waals surface area contributed by atoms with E-state index in [0.29, 0.717) is 12.1 Å². The minimum atomic E-state index is -3.79. The fourth-order valence-electron chi connectivity index (χ4n) is 1.96. The molecule has 0 aliphatic heterocycles. The summed E-state index contributed by atoms with van der Waals surface area (Å²) in [5.41, 5.74) is 0.374. The third-order valence-corrected chi connectivity index (χ3v) is 5.15. The number of benzene rings is 1. The Morgan fingerprint density at radius 1 is 1.24 bits per heavy atom. The monoisotopic (exact) mass is 382 g/mol. The summed E-state index contributed by atoms with van der Waals surface area (Å²) in [5, 5.41) is 9.48. The van der Waals surface area contributed by atoms with Crippen molar-refractivity contribution in [2.24, 2.45) is 5.14 Å². The molecule has 0 aliphatic carbocycles. The fraction of sp³-hybridized carbons (Fsp3) is 0.250. The van der Waals surface area contributed by atoms with Crippen molar-refractivity contribution in [2.45, 2.75) is 30.8 Å². The van der Waals surface area contributed by atoms with Crippen LogP contribution in [0.1, 0.15) is 18.2 Å². The van der Waals surface area contributed by atoms with Gasteiger partial charge in [-0.15, -0.1) is 11.3 Å². The van der Waals surface area contributed by atoms with Crippen LogP contribution in [0.5, 0.6) is 0 Å². The van der Waals surface area contributed by atoms with Gasteiger partial charge in [0.1, 0.15) is 0 Å². The number of thiophene rings is 1. The zero-order valence-corrected chi connectivity index (χ0v) is 15.1. The summed E-state index contributed by atoms with van der Waals surface area (Å²) in [4.78, 5) is 24.8. The number of hydrogen-bond acceptors (Lipinski definition) is 6. The van der Waals surface area contributed by atoms with Crippen molar-refractivity contribution in [3.05, 3.63) is 46.7 Å². The van der Waals surface area contributed by atoms with Crippen LogP contribution in [0.15, 0.2) is 46.7 Å². The van der Waals surface area contributed by atoms with Gasteiger partial charge in [-0.2, -0.15) is 0 Å². The van der Waals surface area contributed by atoms with E-state index in [9.17, 15) is 18.0 Å². The summed E-state index contributed by atoms with van der Waals surface area (Å²) in [6.07, 6.45) is -0.199. The number of ether oxygens (including phenoxy) is 1. The summed E-state index contributed by atoms with van der Waals surface area (Å²) >= 11 is 1.56. The number of carbonyl (C=O) groups is 2. The first kappa shape index (κ1) is 19.1. The molecule has 1 aromatic heterocycles. The molecule has 1 atom stereocenters. The van der Waals surface area contributed by atoms with Crippen molar-refractivity contribution >= 4 is 38.9 Å². The van der Waals surface area contributed by atoms with E-state index >= 15 is 0 Å². The number of amides is 1. The van der Waals surface area contributed by atoms with Crippen LogP contribution in [0.4, 0.5) is 5.69 Å². The Morgan fingerprint density at radius 2 is 1.92 bits per heavy atom. The molecule has 0 fully saturated rings. The van der Waals surface area contributed by atoms with Crippen LogP contribution < -0.4 is 10.5 Å². The highest BCUT2D eigenvalue weighted by Crippen LogP contribution is 2.14. The number of rotatable bonds is 7. The summed E-state index contributed by atoms with van der Waals surface area (Å²) in [7, 11) is -3.79. The second-order valence-corrected chi connectivity index (χ2v) is 7.86. The lowest BCUT2D eigenvalue weighted by Crippen LogP contribution is -2.30. The number of nitrogens with two attached hydrogens (primary N) is 1. The van der Waals surface area contributed by atoms with E-state index in [1.54, 1.807) is 11.3 Å². The average Bonchev–Trinajstić information content (AvgIpc) is 3.06. The molecule has 1 heterocycles. The molecule has 0 saturated carbocycles. The predicted molar refractivity (Wildman–Crippen MR) is 94.6 cm³/mol. The Balaban J connectivity index is 1.84. The maximum absolute atomic E-state index is 12.0. The minimum Gasteiger partial charge on any atom is -0.453 e. The van der Waals surface area contributed by atoms with Gasteiger partial charge in [-0.1, -0.05) is 6.07 Å². The van der Waals surface area contributed by atoms with E-state index < -0.39 is 28.0 Å². The molecule has 0 aliphatic rings. The van der Waals surface area contributed by atoms with Gasteiger partial charge in [-0.05, 0) is 49.1 Å². The van der Waals surface area contributed by atoms with Gasteiger partial charge in [-0.3, -0.25) is 9.59 Å². The SMILES string of the molecule is C[C@H](OC(=O)CCc1cccs1)C(=O)Nc1ccc(S(N)(=O)=O)cc1. The van der Waals surface area contributed by atoms with Crippen molar-refractivity contribution in [1.29, 1.82) is 0 Å². The molecule has 0 bridgehead atoms. The molecular formula is C16H18N2O5S2. The number of carbonyl (C=O) groups excluding carboxylic acids is 2. The van der Waals surface area contributed by atoms with Crippen LogP contribution in [0.25, 0.3) is 0 Å². The first-order valence-electron chi connectivity index (χ1n) is 7.41. The highest BCUT2D eigenvalue weighted by molar-refractivity contribution is 7.89. The van der Waals surface area contributed by atoms with E-state index in [4.69, 9.17) is 9.88 Å². The Bertz CT molecular complexity index is 830. The molecule has 2 rings (SSSR count). The van der Waals surface area contributed by atoms with Crippen LogP contribution in [0, 0.1) is 0 Å². The second-order valence-electron chi connectivity index (χ2n) is 5.27. The van der Waals surface area contributed by atoms with Crippen LogP contribution >= 0.6 is 11.3 Å². The van der Waals surface area contributed by atoms with Gasteiger partial charge in [0.15, 0.2) is 6.10 Å². The summed E-state index contributed by atoms with van der Waals surface area (Å²) in [6, 6.07) is 9.21. The Morgan fingerprint density at radius 3 is 2.48 bits per heavy atom. The van der Waals surface area contributed by atoms with Gasteiger partial charge in [0, 0.05) is 10.6 Å². The van der Waals surface area contributed by atoms with Crippen molar-refractivity contribution in [1.82, 2.24) is 0 Å². The van der Waals surface area contributed by atoms with Crippen molar-refractivity contribution in [2.75, 3.05) is 5.32 Å². The Labute approximate surface area is 149 Å². The highest BCUT2D eigenvalue weighted by Gasteiger charge is 2.18. The number of anilines is 1. The van der Waals surface area contributed by atoms with Crippen LogP contribution in [-0.2, 0) is 30.8 Å². The molecule has 9 heteroatoms. The van der Waals surface area contributed by atoms with E-state index in [1.165, 1.54) is 31.2 Å². The van der Waals surface area contributed by atoms with E-state index in [-0.39, 0.29) is 11.3 Å². The quantitative estimate of drug-likeness (QED) is 0.710. The number of hydrogen-bond donors (Lipinski definition) is 2. The zero-order chi connectivity index (χ0) is 18.4. The number of sulfonamides is 1. The molecular weight excluding hydrogens is 364 g/mol. The molecule has 7 nitrogen and oxygen atoms in total. The normalized spacial score (nSPS) is 12.4. The molecule has 134 valence electrons. The van der Waals surface area contributed by atoms with Gasteiger partial charge < -0.3 is 10.1 Å². The van der Waals surface area contributed by atoms with E-state index in [0.717, 1.165) is 4.88 Å². The summed E-state index contributed by atoms with van der Waals surface area (Å²) in [6.45, 7) is 1.47. The van der Waals surface area contributed by atoms with Gasteiger partial charge in [0.05, 0.1) is 11.3 Å². The lowest BCUT2D eigenvalue weighted by atomic mass is 10.2.